The van der Waals surface area contributed by atoms with E-state index in [4.69, 9.17) is 19.3 Å². The zero-order valence-corrected chi connectivity index (χ0v) is 16.9. The highest BCUT2D eigenvalue weighted by molar-refractivity contribution is 5.76. The van der Waals surface area contributed by atoms with Crippen LogP contribution in [0.25, 0.3) is 0 Å². The summed E-state index contributed by atoms with van der Waals surface area (Å²) in [5, 5.41) is 9.15. The number of hydrogen-bond acceptors (Lipinski definition) is 4. The molecule has 5 nitrogen and oxygen atoms in total. The molecule has 0 amide bonds. The summed E-state index contributed by atoms with van der Waals surface area (Å²) in [7, 11) is 0. The molecular formula is C22H23F3O5. The molecule has 0 aliphatic rings. The molecule has 8 heteroatoms. The van der Waals surface area contributed by atoms with E-state index < -0.39 is 23.3 Å². The second-order valence-corrected chi connectivity index (χ2v) is 7.19. The minimum Gasteiger partial charge on any atom is -0.489 e. The van der Waals surface area contributed by atoms with Crippen LogP contribution >= 0.6 is 0 Å². The van der Waals surface area contributed by atoms with Crippen molar-refractivity contribution in [1.82, 2.24) is 0 Å². The van der Waals surface area contributed by atoms with Crippen LogP contribution in [-0.2, 0) is 11.0 Å². The topological polar surface area (TPSA) is 65.0 Å². The van der Waals surface area contributed by atoms with Crippen molar-refractivity contribution < 1.29 is 37.3 Å². The molecule has 162 valence electrons. The van der Waals surface area contributed by atoms with E-state index in [1.165, 1.54) is 26.0 Å². The number of halogens is 3. The van der Waals surface area contributed by atoms with Gasteiger partial charge in [-0.05, 0) is 74.4 Å². The van der Waals surface area contributed by atoms with Crippen LogP contribution in [0.1, 0.15) is 25.0 Å². The highest BCUT2D eigenvalue weighted by Crippen LogP contribution is 2.30. The van der Waals surface area contributed by atoms with Gasteiger partial charge in [-0.25, -0.2) is 4.79 Å². The van der Waals surface area contributed by atoms with Gasteiger partial charge in [0, 0.05) is 0 Å². The fraction of sp³-hybridized carbons (Fsp3) is 0.318. The molecule has 2 aromatic carbocycles. The molecule has 0 unspecified atom stereocenters. The third-order valence-electron chi connectivity index (χ3n) is 4.09. The Bertz CT molecular complexity index is 902. The van der Waals surface area contributed by atoms with E-state index in [1.54, 1.807) is 25.1 Å². The molecule has 1 N–H and O–H groups in total. The fourth-order valence-electron chi connectivity index (χ4n) is 2.30. The number of alkyl halides is 3. The Morgan fingerprint density at radius 3 is 2.03 bits per heavy atom. The Kier molecular flexibility index (Phi) is 7.02. The molecule has 2 aromatic rings. The number of hydrogen-bond donors (Lipinski definition) is 1. The maximum absolute atomic E-state index is 12.6. The number of ether oxygens (including phenoxy) is 3. The Morgan fingerprint density at radius 2 is 1.53 bits per heavy atom. The molecule has 0 aromatic heterocycles. The predicted octanol–water partition coefficient (Wildman–Crippen LogP) is 5.27. The Labute approximate surface area is 172 Å². The van der Waals surface area contributed by atoms with Crippen molar-refractivity contribution in [3.63, 3.8) is 0 Å². The minimum atomic E-state index is -4.39. The van der Waals surface area contributed by atoms with Gasteiger partial charge < -0.3 is 19.3 Å². The van der Waals surface area contributed by atoms with E-state index in [9.17, 15) is 18.0 Å². The van der Waals surface area contributed by atoms with Gasteiger partial charge in [0.2, 0.25) is 0 Å². The first-order valence-electron chi connectivity index (χ1n) is 9.01. The molecule has 0 atom stereocenters. The van der Waals surface area contributed by atoms with Gasteiger partial charge in [0.15, 0.2) is 5.60 Å². The monoisotopic (exact) mass is 424 g/mol. The summed E-state index contributed by atoms with van der Waals surface area (Å²) >= 11 is 0. The number of benzene rings is 2. The first-order chi connectivity index (χ1) is 13.9. The molecule has 0 aliphatic carbocycles. The molecule has 0 aliphatic heterocycles. The highest BCUT2D eigenvalue weighted by Gasteiger charge is 2.30. The summed E-state index contributed by atoms with van der Waals surface area (Å²) < 4.78 is 54.3. The van der Waals surface area contributed by atoms with Crippen LogP contribution in [0.15, 0.2) is 54.6 Å². The highest BCUT2D eigenvalue weighted by atomic mass is 19.4. The number of carbonyl (C=O) groups is 1. The molecule has 0 radical (unpaired) electrons. The van der Waals surface area contributed by atoms with Gasteiger partial charge in [0.05, 0.1) is 5.56 Å². The van der Waals surface area contributed by atoms with Gasteiger partial charge in [0.1, 0.15) is 30.5 Å². The lowest BCUT2D eigenvalue weighted by Gasteiger charge is -2.23. The van der Waals surface area contributed by atoms with Crippen LogP contribution in [0.2, 0.25) is 0 Å². The van der Waals surface area contributed by atoms with E-state index in [0.29, 0.717) is 28.4 Å². The average Bonchev–Trinajstić information content (AvgIpc) is 2.66. The van der Waals surface area contributed by atoms with E-state index in [0.717, 1.165) is 12.1 Å². The molecule has 0 saturated carbocycles. The minimum absolute atomic E-state index is 0.0817. The third-order valence-corrected chi connectivity index (χ3v) is 4.09. The van der Waals surface area contributed by atoms with E-state index in [1.807, 2.05) is 0 Å². The Balaban J connectivity index is 1.86. The lowest BCUT2D eigenvalue weighted by molar-refractivity contribution is -0.152. The van der Waals surface area contributed by atoms with Crippen molar-refractivity contribution in [2.75, 3.05) is 13.2 Å². The summed E-state index contributed by atoms with van der Waals surface area (Å²) in [6.45, 7) is 8.73. The van der Waals surface area contributed by atoms with Gasteiger partial charge in [-0.15, -0.1) is 0 Å². The van der Waals surface area contributed by atoms with Crippen molar-refractivity contribution in [2.45, 2.75) is 32.5 Å². The maximum atomic E-state index is 12.6. The van der Waals surface area contributed by atoms with E-state index >= 15 is 0 Å². The van der Waals surface area contributed by atoms with E-state index in [-0.39, 0.29) is 13.2 Å². The number of aryl methyl sites for hydroxylation is 1. The SMILES string of the molecule is C=C(COc1ccc(C(F)(F)F)cc1)COc1ccc(OC(C)(C)C(=O)O)c(C)c1. The van der Waals surface area contributed by atoms with Gasteiger partial charge in [-0.2, -0.15) is 13.2 Å². The van der Waals surface area contributed by atoms with Gasteiger partial charge in [0.25, 0.3) is 0 Å². The van der Waals surface area contributed by atoms with E-state index in [2.05, 4.69) is 6.58 Å². The second-order valence-electron chi connectivity index (χ2n) is 7.19. The standard InChI is InChI=1S/C22H23F3O5/c1-14(12-28-17-7-5-16(6-8-17)22(23,24)25)13-29-18-9-10-19(15(2)11-18)30-21(3,4)20(26)27/h5-11H,1,12-13H2,2-4H3,(H,26,27). The molecule has 0 spiro atoms. The molecule has 2 rings (SSSR count). The fourth-order valence-corrected chi connectivity index (χ4v) is 2.30. The number of carboxylic acids is 1. The molecule has 0 heterocycles. The third kappa shape index (κ3) is 6.43. The Morgan fingerprint density at radius 1 is 1.00 bits per heavy atom. The molecular weight excluding hydrogens is 401 g/mol. The van der Waals surface area contributed by atoms with Crippen LogP contribution in [-0.4, -0.2) is 29.9 Å². The smallest absolute Gasteiger partial charge is 0.416 e. The van der Waals surface area contributed by atoms with Crippen molar-refractivity contribution in [2.24, 2.45) is 0 Å². The summed E-state index contributed by atoms with van der Waals surface area (Å²) in [6.07, 6.45) is -4.39. The quantitative estimate of drug-likeness (QED) is 0.556. The maximum Gasteiger partial charge on any atom is 0.416 e. The number of carboxylic acid groups (broad SMARTS) is 1. The lowest BCUT2D eigenvalue weighted by atomic mass is 10.1. The largest absolute Gasteiger partial charge is 0.489 e. The molecule has 0 saturated heterocycles. The summed E-state index contributed by atoms with van der Waals surface area (Å²) in [5.74, 6) is 0.178. The van der Waals surface area contributed by atoms with Crippen LogP contribution in [0.3, 0.4) is 0 Å². The van der Waals surface area contributed by atoms with Crippen molar-refractivity contribution in [1.29, 1.82) is 0 Å². The average molecular weight is 424 g/mol. The van der Waals surface area contributed by atoms with Crippen LogP contribution < -0.4 is 14.2 Å². The summed E-state index contributed by atoms with van der Waals surface area (Å²) in [6, 6.07) is 9.37. The van der Waals surface area contributed by atoms with Crippen LogP contribution in [0.4, 0.5) is 13.2 Å². The van der Waals surface area contributed by atoms with Gasteiger partial charge in [-0.1, -0.05) is 6.58 Å². The second kappa shape index (κ2) is 9.11. The first-order valence-corrected chi connectivity index (χ1v) is 9.01. The van der Waals surface area contributed by atoms with Crippen molar-refractivity contribution in [3.8, 4) is 17.2 Å². The predicted molar refractivity (Wildman–Crippen MR) is 105 cm³/mol. The van der Waals surface area contributed by atoms with Crippen molar-refractivity contribution in [3.05, 3.63) is 65.7 Å². The molecule has 0 bridgehead atoms. The summed E-state index contributed by atoms with van der Waals surface area (Å²) in [5.41, 5.74) is -0.822. The normalized spacial score (nSPS) is 11.7. The molecule has 0 fully saturated rings. The zero-order chi connectivity index (χ0) is 22.5. The first kappa shape index (κ1) is 23.1. The van der Waals surface area contributed by atoms with Crippen molar-refractivity contribution >= 4 is 5.97 Å². The van der Waals surface area contributed by atoms with Crippen LogP contribution in [0, 0.1) is 6.92 Å². The molecule has 30 heavy (non-hydrogen) atoms. The van der Waals surface area contributed by atoms with Gasteiger partial charge in [-0.3, -0.25) is 0 Å². The zero-order valence-electron chi connectivity index (χ0n) is 16.9. The Hall–Kier alpha value is -3.16. The van der Waals surface area contributed by atoms with Gasteiger partial charge >= 0.3 is 12.1 Å². The lowest BCUT2D eigenvalue weighted by Crippen LogP contribution is -2.38. The summed E-state index contributed by atoms with van der Waals surface area (Å²) in [4.78, 5) is 11.2. The van der Waals surface area contributed by atoms with Crippen LogP contribution in [0.5, 0.6) is 17.2 Å². The number of aliphatic carboxylic acids is 1. The number of rotatable bonds is 9.